The smallest absolute Gasteiger partial charge is 0.0459 e. The van der Waals surface area contributed by atoms with Crippen LogP contribution in [0.4, 0.5) is 5.69 Å². The highest BCUT2D eigenvalue weighted by atomic mass is 35.5. The average Bonchev–Trinajstić information content (AvgIpc) is 2.76. The molecule has 0 amide bonds. The van der Waals surface area contributed by atoms with Crippen molar-refractivity contribution in [2.24, 2.45) is 5.92 Å². The summed E-state index contributed by atoms with van der Waals surface area (Å²) in [6.07, 6.45) is 3.71. The van der Waals surface area contributed by atoms with Crippen LogP contribution in [0.3, 0.4) is 0 Å². The van der Waals surface area contributed by atoms with Gasteiger partial charge in [0.2, 0.25) is 0 Å². The number of benzene rings is 1. The minimum absolute atomic E-state index is 0.572. The van der Waals surface area contributed by atoms with Crippen LogP contribution in [-0.4, -0.2) is 19.1 Å². The van der Waals surface area contributed by atoms with Crippen molar-refractivity contribution in [3.63, 3.8) is 0 Å². The predicted molar refractivity (Wildman–Crippen MR) is 68.2 cm³/mol. The molecule has 2 atom stereocenters. The molecule has 0 aromatic heterocycles. The highest BCUT2D eigenvalue weighted by Crippen LogP contribution is 2.35. The van der Waals surface area contributed by atoms with Crippen molar-refractivity contribution in [2.75, 3.05) is 18.4 Å². The van der Waals surface area contributed by atoms with Gasteiger partial charge in [-0.1, -0.05) is 17.7 Å². The number of hydrogen-bond acceptors (Lipinski definition) is 2. The normalized spacial score (nSPS) is 28.6. The molecule has 3 rings (SSSR count). The Morgan fingerprint density at radius 1 is 1.31 bits per heavy atom. The fraction of sp³-hybridized carbons (Fsp3) is 0.538. The van der Waals surface area contributed by atoms with E-state index in [1.165, 1.54) is 30.6 Å². The Labute approximate surface area is 101 Å². The average molecular weight is 237 g/mol. The summed E-state index contributed by atoms with van der Waals surface area (Å²) in [4.78, 5) is 0. The first kappa shape index (κ1) is 10.4. The summed E-state index contributed by atoms with van der Waals surface area (Å²) in [7, 11) is 0. The predicted octanol–water partition coefficient (Wildman–Crippen LogP) is 2.68. The Balaban J connectivity index is 1.77. The Bertz CT molecular complexity index is 386. The number of fused-ring (bicyclic) bond motifs is 1. The number of anilines is 1. The van der Waals surface area contributed by atoms with E-state index in [1.54, 1.807) is 0 Å². The third kappa shape index (κ3) is 1.80. The molecule has 3 heteroatoms. The zero-order valence-electron chi connectivity index (χ0n) is 9.30. The minimum atomic E-state index is 0.572. The van der Waals surface area contributed by atoms with Gasteiger partial charge in [0.15, 0.2) is 0 Å². The minimum Gasteiger partial charge on any atom is -0.381 e. The highest BCUT2D eigenvalue weighted by molar-refractivity contribution is 6.31. The van der Waals surface area contributed by atoms with Crippen molar-refractivity contribution < 1.29 is 0 Å². The van der Waals surface area contributed by atoms with Crippen LogP contribution >= 0.6 is 11.6 Å². The van der Waals surface area contributed by atoms with Crippen molar-refractivity contribution in [3.8, 4) is 0 Å². The molecule has 2 N–H and O–H groups in total. The Morgan fingerprint density at radius 3 is 3.00 bits per heavy atom. The van der Waals surface area contributed by atoms with Gasteiger partial charge in [0.05, 0.1) is 0 Å². The van der Waals surface area contributed by atoms with Gasteiger partial charge in [0.1, 0.15) is 0 Å². The molecule has 1 aromatic rings. The topological polar surface area (TPSA) is 24.1 Å². The summed E-state index contributed by atoms with van der Waals surface area (Å²) in [5.41, 5.74) is 2.54. The molecule has 2 aliphatic heterocycles. The van der Waals surface area contributed by atoms with Crippen LogP contribution in [-0.2, 0) is 6.42 Å². The van der Waals surface area contributed by atoms with E-state index < -0.39 is 0 Å². The standard InChI is InChI=1S/C13H17ClN2/c14-11-4-1-5-12-10(11)7-13(16-12)9-3-2-6-15-8-9/h1,4-5,9,13,15-16H,2-3,6-8H2. The molecular formula is C13H17ClN2. The summed E-state index contributed by atoms with van der Waals surface area (Å²) in [5, 5.41) is 8.01. The first-order valence-electron chi connectivity index (χ1n) is 6.09. The van der Waals surface area contributed by atoms with Gasteiger partial charge in [-0.15, -0.1) is 0 Å². The second-order valence-corrected chi connectivity index (χ2v) is 5.23. The van der Waals surface area contributed by atoms with Crippen molar-refractivity contribution in [1.29, 1.82) is 0 Å². The molecule has 2 heterocycles. The SMILES string of the molecule is Clc1cccc2c1CC(C1CCCNC1)N2. The maximum absolute atomic E-state index is 6.22. The van der Waals surface area contributed by atoms with Crippen LogP contribution in [0.25, 0.3) is 0 Å². The van der Waals surface area contributed by atoms with Crippen LogP contribution in [0, 0.1) is 5.92 Å². The second-order valence-electron chi connectivity index (χ2n) is 4.83. The van der Waals surface area contributed by atoms with Crippen LogP contribution in [0.15, 0.2) is 18.2 Å². The number of rotatable bonds is 1. The fourth-order valence-corrected chi connectivity index (χ4v) is 3.13. The summed E-state index contributed by atoms with van der Waals surface area (Å²) >= 11 is 6.22. The van der Waals surface area contributed by atoms with Crippen LogP contribution in [0.2, 0.25) is 5.02 Å². The molecule has 2 aliphatic rings. The van der Waals surface area contributed by atoms with Crippen LogP contribution in [0.1, 0.15) is 18.4 Å². The molecule has 0 spiro atoms. The maximum Gasteiger partial charge on any atom is 0.0459 e. The van der Waals surface area contributed by atoms with E-state index in [4.69, 9.17) is 11.6 Å². The lowest BCUT2D eigenvalue weighted by atomic mass is 9.90. The molecule has 2 unspecified atom stereocenters. The number of nitrogens with one attached hydrogen (secondary N) is 2. The molecule has 1 saturated heterocycles. The zero-order valence-corrected chi connectivity index (χ0v) is 10.1. The molecule has 0 saturated carbocycles. The molecular weight excluding hydrogens is 220 g/mol. The summed E-state index contributed by atoms with van der Waals surface area (Å²) in [5.74, 6) is 0.747. The van der Waals surface area contributed by atoms with Gasteiger partial charge >= 0.3 is 0 Å². The molecule has 1 aromatic carbocycles. The van der Waals surface area contributed by atoms with Crippen molar-refractivity contribution >= 4 is 17.3 Å². The first-order chi connectivity index (χ1) is 7.84. The Hall–Kier alpha value is -0.730. The number of halogens is 1. The molecule has 0 aliphatic carbocycles. The largest absolute Gasteiger partial charge is 0.381 e. The zero-order chi connectivity index (χ0) is 11.0. The van der Waals surface area contributed by atoms with Gasteiger partial charge in [-0.05, 0) is 56.0 Å². The van der Waals surface area contributed by atoms with Gasteiger partial charge in [0, 0.05) is 16.8 Å². The molecule has 0 radical (unpaired) electrons. The molecule has 16 heavy (non-hydrogen) atoms. The maximum atomic E-state index is 6.22. The Morgan fingerprint density at radius 2 is 2.25 bits per heavy atom. The van der Waals surface area contributed by atoms with E-state index in [-0.39, 0.29) is 0 Å². The third-order valence-electron chi connectivity index (χ3n) is 3.79. The summed E-state index contributed by atoms with van der Waals surface area (Å²) in [6.45, 7) is 2.32. The second kappa shape index (κ2) is 4.27. The lowest BCUT2D eigenvalue weighted by molar-refractivity contribution is 0.339. The van der Waals surface area contributed by atoms with Gasteiger partial charge < -0.3 is 10.6 Å². The first-order valence-corrected chi connectivity index (χ1v) is 6.47. The van der Waals surface area contributed by atoms with E-state index in [9.17, 15) is 0 Å². The highest BCUT2D eigenvalue weighted by Gasteiger charge is 2.29. The monoisotopic (exact) mass is 236 g/mol. The molecule has 2 nitrogen and oxygen atoms in total. The van der Waals surface area contributed by atoms with Crippen molar-refractivity contribution in [3.05, 3.63) is 28.8 Å². The molecule has 86 valence electrons. The summed E-state index contributed by atoms with van der Waals surface area (Å²) in [6, 6.07) is 6.72. The van der Waals surface area contributed by atoms with E-state index in [2.05, 4.69) is 16.7 Å². The van der Waals surface area contributed by atoms with Crippen LogP contribution in [0.5, 0.6) is 0 Å². The lowest BCUT2D eigenvalue weighted by Gasteiger charge is -2.28. The fourth-order valence-electron chi connectivity index (χ4n) is 2.88. The van der Waals surface area contributed by atoms with Crippen molar-refractivity contribution in [2.45, 2.75) is 25.3 Å². The van der Waals surface area contributed by atoms with E-state index >= 15 is 0 Å². The van der Waals surface area contributed by atoms with Gasteiger partial charge in [-0.2, -0.15) is 0 Å². The Kier molecular flexibility index (Phi) is 2.78. The van der Waals surface area contributed by atoms with E-state index in [0.717, 1.165) is 23.9 Å². The number of hydrogen-bond donors (Lipinski definition) is 2. The molecule has 1 fully saturated rings. The quantitative estimate of drug-likeness (QED) is 0.784. The summed E-state index contributed by atoms with van der Waals surface area (Å²) < 4.78 is 0. The van der Waals surface area contributed by atoms with Crippen LogP contribution < -0.4 is 10.6 Å². The molecule has 0 bridgehead atoms. The number of piperidine rings is 1. The third-order valence-corrected chi connectivity index (χ3v) is 4.14. The van der Waals surface area contributed by atoms with Gasteiger partial charge in [0.25, 0.3) is 0 Å². The van der Waals surface area contributed by atoms with E-state index in [1.807, 2.05) is 12.1 Å². The van der Waals surface area contributed by atoms with Gasteiger partial charge in [-0.3, -0.25) is 0 Å². The van der Waals surface area contributed by atoms with Gasteiger partial charge in [-0.25, -0.2) is 0 Å². The van der Waals surface area contributed by atoms with E-state index in [0.29, 0.717) is 6.04 Å². The van der Waals surface area contributed by atoms with Crippen molar-refractivity contribution in [1.82, 2.24) is 5.32 Å². The lowest BCUT2D eigenvalue weighted by Crippen LogP contribution is -2.39.